The molecule has 0 aromatic rings. The largest absolute Gasteiger partial charge is 0.390 e. The molecule has 0 bridgehead atoms. The maximum absolute atomic E-state index is 10.3. The molecule has 0 fully saturated rings. The summed E-state index contributed by atoms with van der Waals surface area (Å²) in [5, 5.41) is 8.96. The van der Waals surface area contributed by atoms with Crippen molar-refractivity contribution in [1.29, 1.82) is 0 Å². The van der Waals surface area contributed by atoms with E-state index in [1.807, 2.05) is 0 Å². The number of ether oxygens (including phenoxy) is 1. The highest BCUT2D eigenvalue weighted by atomic mass is 31.2. The molecule has 1 unspecified atom stereocenters. The Morgan fingerprint density at radius 1 is 1.58 bits per heavy atom. The molecule has 0 saturated heterocycles. The van der Waals surface area contributed by atoms with Gasteiger partial charge in [-0.1, -0.05) is 6.08 Å². The van der Waals surface area contributed by atoms with E-state index in [0.29, 0.717) is 0 Å². The second-order valence-electron chi connectivity index (χ2n) is 2.33. The van der Waals surface area contributed by atoms with Gasteiger partial charge in [-0.25, -0.2) is 0 Å². The first-order valence-electron chi connectivity index (χ1n) is 3.37. The fourth-order valence-corrected chi connectivity index (χ4v) is 1.27. The number of rotatable bonds is 6. The highest BCUT2D eigenvalue weighted by Crippen LogP contribution is 2.34. The third-order valence-electron chi connectivity index (χ3n) is 0.995. The first kappa shape index (κ1) is 11.8. The molecule has 5 nitrogen and oxygen atoms in total. The fourth-order valence-electron chi connectivity index (χ4n) is 0.615. The SMILES string of the molecule is C=CCOCC(O)CP(=O)(O)O. The highest BCUT2D eigenvalue weighted by molar-refractivity contribution is 7.51. The summed E-state index contributed by atoms with van der Waals surface area (Å²) in [6.07, 6.45) is -0.195. The standard InChI is InChI=1S/C6H13O5P/c1-2-3-11-4-6(7)5-12(8,9)10/h2,6-7H,1,3-5H2,(H2,8,9,10). The van der Waals surface area contributed by atoms with Crippen LogP contribution in [0.3, 0.4) is 0 Å². The third-order valence-corrected chi connectivity index (χ3v) is 1.89. The van der Waals surface area contributed by atoms with Crippen LogP contribution >= 0.6 is 7.60 Å². The van der Waals surface area contributed by atoms with E-state index in [0.717, 1.165) is 0 Å². The summed E-state index contributed by atoms with van der Waals surface area (Å²) < 4.78 is 15.1. The Morgan fingerprint density at radius 3 is 2.58 bits per heavy atom. The molecule has 12 heavy (non-hydrogen) atoms. The Labute approximate surface area is 70.8 Å². The summed E-state index contributed by atoms with van der Waals surface area (Å²) in [7, 11) is -4.13. The van der Waals surface area contributed by atoms with Gasteiger partial charge in [0, 0.05) is 0 Å². The van der Waals surface area contributed by atoms with Gasteiger partial charge in [-0.3, -0.25) is 4.57 Å². The lowest BCUT2D eigenvalue weighted by Gasteiger charge is -2.10. The van der Waals surface area contributed by atoms with Crippen LogP contribution in [0.5, 0.6) is 0 Å². The van der Waals surface area contributed by atoms with Gasteiger partial charge in [0.1, 0.15) is 0 Å². The molecule has 0 aromatic heterocycles. The van der Waals surface area contributed by atoms with Gasteiger partial charge in [0.15, 0.2) is 0 Å². The maximum atomic E-state index is 10.3. The maximum Gasteiger partial charge on any atom is 0.328 e. The van der Waals surface area contributed by atoms with Gasteiger partial charge < -0.3 is 19.6 Å². The van der Waals surface area contributed by atoms with Crippen molar-refractivity contribution < 1.29 is 24.2 Å². The fraction of sp³-hybridized carbons (Fsp3) is 0.667. The van der Waals surface area contributed by atoms with E-state index in [1.54, 1.807) is 0 Å². The smallest absolute Gasteiger partial charge is 0.328 e. The van der Waals surface area contributed by atoms with Crippen molar-refractivity contribution in [1.82, 2.24) is 0 Å². The minimum absolute atomic E-state index is 0.0862. The summed E-state index contributed by atoms with van der Waals surface area (Å²) in [6, 6.07) is 0. The van der Waals surface area contributed by atoms with E-state index in [2.05, 4.69) is 6.58 Å². The number of hydrogen-bond acceptors (Lipinski definition) is 3. The Morgan fingerprint density at radius 2 is 2.17 bits per heavy atom. The van der Waals surface area contributed by atoms with Crippen molar-refractivity contribution in [3.05, 3.63) is 12.7 Å². The van der Waals surface area contributed by atoms with Crippen LogP contribution < -0.4 is 0 Å². The summed E-state index contributed by atoms with van der Waals surface area (Å²) in [5.74, 6) is 0. The zero-order chi connectivity index (χ0) is 9.61. The Balaban J connectivity index is 3.53. The van der Waals surface area contributed by atoms with Crippen molar-refractivity contribution in [3.63, 3.8) is 0 Å². The van der Waals surface area contributed by atoms with Crippen LogP contribution in [0.15, 0.2) is 12.7 Å². The molecule has 0 amide bonds. The molecule has 0 aromatic carbocycles. The van der Waals surface area contributed by atoms with Crippen molar-refractivity contribution >= 4 is 7.60 Å². The quantitative estimate of drug-likeness (QED) is 0.309. The summed E-state index contributed by atoms with van der Waals surface area (Å²) in [6.45, 7) is 3.55. The number of aliphatic hydroxyl groups is 1. The first-order chi connectivity index (χ1) is 5.45. The van der Waals surface area contributed by atoms with Crippen LogP contribution in [0.2, 0.25) is 0 Å². The van der Waals surface area contributed by atoms with E-state index in [1.165, 1.54) is 6.08 Å². The molecule has 0 rings (SSSR count). The van der Waals surface area contributed by atoms with Crippen LogP contribution in [-0.2, 0) is 9.30 Å². The number of aliphatic hydroxyl groups excluding tert-OH is 1. The van der Waals surface area contributed by atoms with Gasteiger partial charge in [0.2, 0.25) is 0 Å². The van der Waals surface area contributed by atoms with E-state index >= 15 is 0 Å². The van der Waals surface area contributed by atoms with Crippen LogP contribution in [-0.4, -0.2) is 40.4 Å². The van der Waals surface area contributed by atoms with Crippen LogP contribution in [0.1, 0.15) is 0 Å². The van der Waals surface area contributed by atoms with Crippen LogP contribution in [0, 0.1) is 0 Å². The lowest BCUT2D eigenvalue weighted by Crippen LogP contribution is -2.19. The van der Waals surface area contributed by atoms with Crippen LogP contribution in [0.4, 0.5) is 0 Å². The molecular formula is C6H13O5P. The predicted octanol–water partition coefficient (Wildman–Crippen LogP) is -0.272. The Bertz CT molecular complexity index is 175. The van der Waals surface area contributed by atoms with Gasteiger partial charge >= 0.3 is 7.60 Å². The average Bonchev–Trinajstić information content (AvgIpc) is 1.84. The van der Waals surface area contributed by atoms with Gasteiger partial charge in [-0.05, 0) is 0 Å². The van der Waals surface area contributed by atoms with E-state index in [4.69, 9.17) is 19.6 Å². The molecular weight excluding hydrogens is 183 g/mol. The minimum Gasteiger partial charge on any atom is -0.390 e. The van der Waals surface area contributed by atoms with Crippen molar-refractivity contribution in [2.75, 3.05) is 19.4 Å². The normalized spacial score (nSPS) is 14.2. The zero-order valence-electron chi connectivity index (χ0n) is 6.59. The Hall–Kier alpha value is -0.190. The van der Waals surface area contributed by atoms with Gasteiger partial charge in [0.05, 0.1) is 25.5 Å². The molecule has 0 aliphatic carbocycles. The lowest BCUT2D eigenvalue weighted by atomic mass is 10.4. The molecule has 0 heterocycles. The van der Waals surface area contributed by atoms with Crippen molar-refractivity contribution in [2.24, 2.45) is 0 Å². The van der Waals surface area contributed by atoms with E-state index in [-0.39, 0.29) is 13.2 Å². The lowest BCUT2D eigenvalue weighted by molar-refractivity contribution is 0.0590. The van der Waals surface area contributed by atoms with Gasteiger partial charge in [-0.2, -0.15) is 0 Å². The summed E-state index contributed by atoms with van der Waals surface area (Å²) in [4.78, 5) is 16.8. The molecule has 6 heteroatoms. The summed E-state index contributed by atoms with van der Waals surface area (Å²) >= 11 is 0. The highest BCUT2D eigenvalue weighted by Gasteiger charge is 2.19. The molecule has 1 atom stereocenters. The van der Waals surface area contributed by atoms with Gasteiger partial charge in [0.25, 0.3) is 0 Å². The van der Waals surface area contributed by atoms with E-state index in [9.17, 15) is 4.57 Å². The van der Waals surface area contributed by atoms with Gasteiger partial charge in [-0.15, -0.1) is 6.58 Å². The third kappa shape index (κ3) is 7.91. The minimum atomic E-state index is -4.13. The molecule has 0 aliphatic rings. The average molecular weight is 196 g/mol. The molecule has 72 valence electrons. The van der Waals surface area contributed by atoms with Crippen molar-refractivity contribution in [2.45, 2.75) is 6.10 Å². The Kier molecular flexibility index (Phi) is 5.37. The molecule has 0 radical (unpaired) electrons. The summed E-state index contributed by atoms with van der Waals surface area (Å²) in [5.41, 5.74) is 0. The van der Waals surface area contributed by atoms with Crippen LogP contribution in [0.25, 0.3) is 0 Å². The molecule has 3 N–H and O–H groups in total. The molecule has 0 spiro atoms. The van der Waals surface area contributed by atoms with Crippen molar-refractivity contribution in [3.8, 4) is 0 Å². The topological polar surface area (TPSA) is 87.0 Å². The second-order valence-corrected chi connectivity index (χ2v) is 4.02. The monoisotopic (exact) mass is 196 g/mol. The molecule has 0 aliphatic heterocycles. The predicted molar refractivity (Wildman–Crippen MR) is 43.9 cm³/mol. The molecule has 0 saturated carbocycles. The zero-order valence-corrected chi connectivity index (χ0v) is 7.48. The van der Waals surface area contributed by atoms with E-state index < -0.39 is 19.9 Å². The first-order valence-corrected chi connectivity index (χ1v) is 5.16. The second kappa shape index (κ2) is 5.45. The number of hydrogen-bond donors (Lipinski definition) is 3.